The molecular weight excluding hydrogens is 464 g/mol. The molecule has 0 aliphatic heterocycles. The van der Waals surface area contributed by atoms with Crippen LogP contribution in [0.3, 0.4) is 0 Å². The summed E-state index contributed by atoms with van der Waals surface area (Å²) in [5.41, 5.74) is 7.58. The van der Waals surface area contributed by atoms with Crippen molar-refractivity contribution >= 4 is 11.9 Å². The summed E-state index contributed by atoms with van der Waals surface area (Å²) < 4.78 is 30.7. The van der Waals surface area contributed by atoms with Crippen LogP contribution in [0, 0.1) is 17.0 Å². The van der Waals surface area contributed by atoms with Crippen LogP contribution in [0.4, 0.5) is 8.78 Å². The number of carboxylic acids is 1. The minimum atomic E-state index is -1.14. The van der Waals surface area contributed by atoms with Crippen molar-refractivity contribution in [3.63, 3.8) is 0 Å². The van der Waals surface area contributed by atoms with Crippen LogP contribution in [0.1, 0.15) is 51.4 Å². The second-order valence-corrected chi connectivity index (χ2v) is 10.1. The van der Waals surface area contributed by atoms with Gasteiger partial charge in [-0.3, -0.25) is 9.59 Å². The highest BCUT2D eigenvalue weighted by Gasteiger charge is 2.36. The molecule has 192 valence electrons. The molecule has 0 radical (unpaired) electrons. The van der Waals surface area contributed by atoms with Crippen LogP contribution in [0.15, 0.2) is 60.8 Å². The third kappa shape index (κ3) is 6.37. The van der Waals surface area contributed by atoms with Gasteiger partial charge in [-0.25, -0.2) is 8.78 Å². The van der Waals surface area contributed by atoms with Gasteiger partial charge in [-0.1, -0.05) is 51.1 Å². The van der Waals surface area contributed by atoms with Crippen LogP contribution < -0.4 is 5.73 Å². The molecule has 0 unspecified atom stereocenters. The third-order valence-electron chi connectivity index (χ3n) is 6.18. The maximum atomic E-state index is 14.7. The van der Waals surface area contributed by atoms with E-state index in [0.717, 1.165) is 29.5 Å². The Bertz CT molecular complexity index is 1220. The largest absolute Gasteiger partial charge is 0.480 e. The molecule has 2 atom stereocenters. The predicted molar refractivity (Wildman–Crippen MR) is 135 cm³/mol. The summed E-state index contributed by atoms with van der Waals surface area (Å²) in [6, 6.07) is 13.2. The molecule has 36 heavy (non-hydrogen) atoms. The number of carboxylic acid groups (broad SMARTS) is 1. The van der Waals surface area contributed by atoms with E-state index in [4.69, 9.17) is 5.73 Å². The minimum absolute atomic E-state index is 0.0757. The van der Waals surface area contributed by atoms with Gasteiger partial charge in [0.15, 0.2) is 0 Å². The molecule has 0 fully saturated rings. The molecule has 0 bridgehead atoms. The first-order chi connectivity index (χ1) is 16.9. The van der Waals surface area contributed by atoms with Gasteiger partial charge >= 0.3 is 5.97 Å². The number of halogens is 2. The van der Waals surface area contributed by atoms with E-state index in [1.807, 2.05) is 55.7 Å². The molecule has 0 aliphatic rings. The van der Waals surface area contributed by atoms with Gasteiger partial charge in [-0.15, -0.1) is 0 Å². The van der Waals surface area contributed by atoms with Gasteiger partial charge in [0.2, 0.25) is 5.91 Å². The first kappa shape index (κ1) is 27.1. The summed E-state index contributed by atoms with van der Waals surface area (Å²) in [5, 5.41) is 9.24. The summed E-state index contributed by atoms with van der Waals surface area (Å²) in [6.07, 6.45) is 1.84. The quantitative estimate of drug-likeness (QED) is 0.424. The molecule has 3 N–H and O–H groups in total. The molecule has 2 aromatic carbocycles. The van der Waals surface area contributed by atoms with Crippen molar-refractivity contribution in [2.45, 2.75) is 52.7 Å². The first-order valence-corrected chi connectivity index (χ1v) is 11.8. The van der Waals surface area contributed by atoms with Crippen LogP contribution >= 0.6 is 0 Å². The normalized spacial score (nSPS) is 13.3. The number of carbonyl (C=O) groups excluding carboxylic acids is 1. The predicted octanol–water partition coefficient (Wildman–Crippen LogP) is 5.22. The number of hydrogen-bond acceptors (Lipinski definition) is 3. The molecule has 0 spiro atoms. The van der Waals surface area contributed by atoms with E-state index in [2.05, 4.69) is 0 Å². The van der Waals surface area contributed by atoms with Crippen molar-refractivity contribution in [1.82, 2.24) is 9.47 Å². The Hall–Kier alpha value is -3.52. The zero-order valence-electron chi connectivity index (χ0n) is 21.0. The van der Waals surface area contributed by atoms with E-state index in [-0.39, 0.29) is 24.4 Å². The van der Waals surface area contributed by atoms with Gasteiger partial charge in [0.1, 0.15) is 17.7 Å². The monoisotopic (exact) mass is 497 g/mol. The second kappa shape index (κ2) is 11.0. The lowest BCUT2D eigenvalue weighted by Crippen LogP contribution is -2.44. The molecule has 0 saturated heterocycles. The molecule has 3 aromatic rings. The lowest BCUT2D eigenvalue weighted by molar-refractivity contribution is -0.140. The van der Waals surface area contributed by atoms with Crippen LogP contribution in [-0.4, -0.2) is 39.0 Å². The Kier molecular flexibility index (Phi) is 8.30. The van der Waals surface area contributed by atoms with E-state index in [9.17, 15) is 23.5 Å². The van der Waals surface area contributed by atoms with Gasteiger partial charge in [-0.2, -0.15) is 0 Å². The SMILES string of the molecule is CC(=O)N(CC[C@H](N)C(=O)O)[C@@H](c1cc(-c2cc(F)ccc2F)cn1Cc1ccccc1)C(C)(C)C. The number of amides is 1. The van der Waals surface area contributed by atoms with Gasteiger partial charge in [-0.05, 0) is 41.7 Å². The number of nitrogens with zero attached hydrogens (tertiary/aromatic N) is 2. The molecule has 8 heteroatoms. The number of hydrogen-bond donors (Lipinski definition) is 2. The van der Waals surface area contributed by atoms with Crippen molar-refractivity contribution < 1.29 is 23.5 Å². The number of aliphatic carboxylic acids is 1. The average Bonchev–Trinajstić information content (AvgIpc) is 3.19. The smallest absolute Gasteiger partial charge is 0.320 e. The molecule has 1 aromatic heterocycles. The fraction of sp³-hybridized carbons (Fsp3) is 0.357. The van der Waals surface area contributed by atoms with E-state index in [0.29, 0.717) is 12.1 Å². The lowest BCUT2D eigenvalue weighted by Gasteiger charge is -2.40. The van der Waals surface area contributed by atoms with Crippen molar-refractivity contribution in [2.24, 2.45) is 11.1 Å². The van der Waals surface area contributed by atoms with E-state index >= 15 is 0 Å². The fourth-order valence-electron chi connectivity index (χ4n) is 4.48. The molecular formula is C28H33F2N3O3. The number of nitrogens with two attached hydrogens (primary N) is 1. The van der Waals surface area contributed by atoms with Crippen molar-refractivity contribution in [2.75, 3.05) is 6.54 Å². The summed E-state index contributed by atoms with van der Waals surface area (Å²) in [5.74, 6) is -2.48. The summed E-state index contributed by atoms with van der Waals surface area (Å²) in [4.78, 5) is 25.8. The van der Waals surface area contributed by atoms with Crippen molar-refractivity contribution in [1.29, 1.82) is 0 Å². The number of rotatable bonds is 9. The Morgan fingerprint density at radius 3 is 2.33 bits per heavy atom. The summed E-state index contributed by atoms with van der Waals surface area (Å²) in [6.45, 7) is 7.95. The molecule has 0 aliphatic carbocycles. The minimum Gasteiger partial charge on any atom is -0.480 e. The number of benzene rings is 2. The van der Waals surface area contributed by atoms with Crippen LogP contribution in [0.2, 0.25) is 0 Å². The second-order valence-electron chi connectivity index (χ2n) is 10.1. The zero-order valence-corrected chi connectivity index (χ0v) is 21.0. The van der Waals surface area contributed by atoms with E-state index in [1.165, 1.54) is 6.92 Å². The highest BCUT2D eigenvalue weighted by atomic mass is 19.1. The maximum Gasteiger partial charge on any atom is 0.320 e. The van der Waals surface area contributed by atoms with Crippen LogP contribution in [-0.2, 0) is 16.1 Å². The van der Waals surface area contributed by atoms with E-state index in [1.54, 1.807) is 17.2 Å². The Morgan fingerprint density at radius 1 is 1.08 bits per heavy atom. The topological polar surface area (TPSA) is 88.6 Å². The molecule has 3 rings (SSSR count). The fourth-order valence-corrected chi connectivity index (χ4v) is 4.48. The van der Waals surface area contributed by atoms with Gasteiger partial charge in [0, 0.05) is 43.0 Å². The Morgan fingerprint density at radius 2 is 1.75 bits per heavy atom. The Labute approximate surface area is 210 Å². The summed E-state index contributed by atoms with van der Waals surface area (Å²) >= 11 is 0. The zero-order chi connectivity index (χ0) is 26.6. The van der Waals surface area contributed by atoms with Crippen molar-refractivity contribution in [3.05, 3.63) is 83.7 Å². The maximum absolute atomic E-state index is 14.7. The molecule has 6 nitrogen and oxygen atoms in total. The highest BCUT2D eigenvalue weighted by molar-refractivity contribution is 5.75. The van der Waals surface area contributed by atoms with Gasteiger partial charge < -0.3 is 20.3 Å². The third-order valence-corrected chi connectivity index (χ3v) is 6.18. The van der Waals surface area contributed by atoms with Gasteiger partial charge in [0.05, 0.1) is 6.04 Å². The van der Waals surface area contributed by atoms with E-state index < -0.39 is 35.1 Å². The first-order valence-electron chi connectivity index (χ1n) is 11.8. The van der Waals surface area contributed by atoms with Crippen molar-refractivity contribution in [3.8, 4) is 11.1 Å². The molecule has 1 amide bonds. The molecule has 1 heterocycles. The number of carbonyl (C=O) groups is 2. The average molecular weight is 498 g/mol. The van der Waals surface area contributed by atoms with Crippen LogP contribution in [0.5, 0.6) is 0 Å². The standard InChI is InChI=1S/C28H33F2N3O3/c1-18(34)33(13-12-24(31)27(35)36)26(28(2,3)4)25-14-20(22-15-21(29)10-11-23(22)30)17-32(25)16-19-8-6-5-7-9-19/h5-11,14-15,17,24,26H,12-13,16,31H2,1-4H3,(H,35,36)/t24-,26-/m0/s1. The van der Waals surface area contributed by atoms with Gasteiger partial charge in [0.25, 0.3) is 0 Å². The number of aromatic nitrogens is 1. The lowest BCUT2D eigenvalue weighted by atomic mass is 9.82. The molecule has 0 saturated carbocycles. The van der Waals surface area contributed by atoms with Crippen LogP contribution in [0.25, 0.3) is 11.1 Å². The highest BCUT2D eigenvalue weighted by Crippen LogP contribution is 2.41. The summed E-state index contributed by atoms with van der Waals surface area (Å²) in [7, 11) is 0. The Balaban J connectivity index is 2.16.